The molecule has 5 nitrogen and oxygen atoms in total. The number of nitrogens with two attached hydrogens (primary N) is 1. The first-order chi connectivity index (χ1) is 10.6. The van der Waals surface area contributed by atoms with E-state index in [4.69, 9.17) is 10.5 Å². The molecule has 0 spiro atoms. The fraction of sp³-hybridized carbons (Fsp3) is 0.529. The minimum atomic E-state index is -0.489. The zero-order valence-corrected chi connectivity index (χ0v) is 12.7. The van der Waals surface area contributed by atoms with Gasteiger partial charge in [0.15, 0.2) is 0 Å². The van der Waals surface area contributed by atoms with Crippen LogP contribution < -0.4 is 5.73 Å². The number of nitrogens with zero attached hydrogens (tertiary/aromatic N) is 1. The number of hydrogen-bond donors (Lipinski definition) is 1. The Morgan fingerprint density at radius 3 is 2.55 bits per heavy atom. The maximum Gasteiger partial charge on any atom is 0.316 e. The van der Waals surface area contributed by atoms with Crippen molar-refractivity contribution in [2.45, 2.75) is 43.6 Å². The third-order valence-electron chi connectivity index (χ3n) is 4.99. The van der Waals surface area contributed by atoms with Crippen LogP contribution in [0.25, 0.3) is 0 Å². The molecule has 1 aliphatic carbocycles. The van der Waals surface area contributed by atoms with Crippen molar-refractivity contribution < 1.29 is 14.3 Å². The predicted octanol–water partition coefficient (Wildman–Crippen LogP) is 2.19. The number of esters is 1. The monoisotopic (exact) mass is 302 g/mol. The van der Waals surface area contributed by atoms with Crippen LogP contribution in [0.3, 0.4) is 0 Å². The average molecular weight is 302 g/mol. The van der Waals surface area contributed by atoms with Crippen LogP contribution in [-0.2, 0) is 14.9 Å². The van der Waals surface area contributed by atoms with E-state index >= 15 is 0 Å². The molecule has 0 unspecified atom stereocenters. The Bertz CT molecular complexity index is 554. The Kier molecular flexibility index (Phi) is 4.05. The summed E-state index contributed by atoms with van der Waals surface area (Å²) < 4.78 is 5.58. The van der Waals surface area contributed by atoms with Crippen LogP contribution in [0, 0.1) is 0 Å². The Morgan fingerprint density at radius 1 is 1.23 bits per heavy atom. The maximum atomic E-state index is 12.6. The van der Waals surface area contributed by atoms with E-state index in [0.717, 1.165) is 37.7 Å². The van der Waals surface area contributed by atoms with Gasteiger partial charge in [0.05, 0.1) is 11.5 Å². The smallest absolute Gasteiger partial charge is 0.316 e. The summed E-state index contributed by atoms with van der Waals surface area (Å²) >= 11 is 0. The van der Waals surface area contributed by atoms with Gasteiger partial charge < -0.3 is 15.4 Å². The molecule has 22 heavy (non-hydrogen) atoms. The van der Waals surface area contributed by atoms with Crippen LogP contribution >= 0.6 is 0 Å². The van der Waals surface area contributed by atoms with Crippen LogP contribution in [0.2, 0.25) is 0 Å². The summed E-state index contributed by atoms with van der Waals surface area (Å²) in [6, 6.07) is 9.33. The van der Waals surface area contributed by atoms with Gasteiger partial charge in [-0.05, 0) is 31.2 Å². The van der Waals surface area contributed by atoms with E-state index in [9.17, 15) is 9.59 Å². The lowest BCUT2D eigenvalue weighted by atomic mass is 9.64. The van der Waals surface area contributed by atoms with Crippen LogP contribution in [0.1, 0.15) is 37.7 Å². The highest BCUT2D eigenvalue weighted by Gasteiger charge is 2.47. The molecule has 3 rings (SSSR count). The maximum absolute atomic E-state index is 12.6. The molecule has 0 radical (unpaired) electrons. The molecule has 0 bridgehead atoms. The summed E-state index contributed by atoms with van der Waals surface area (Å²) in [6.07, 6.45) is 4.46. The molecule has 1 aromatic rings. The third kappa shape index (κ3) is 2.56. The Labute approximate surface area is 130 Å². The van der Waals surface area contributed by atoms with E-state index in [2.05, 4.69) is 0 Å². The standard InChI is InChI=1S/C17H22N2O3/c18-16(21)19-11-4-8-14(19)12-22-15(20)17(9-5-10-17)13-6-2-1-3-7-13/h1-3,6-7,14H,4-5,8-12H2,(H2,18,21)/t14-/m0/s1. The number of amides is 2. The van der Waals surface area contributed by atoms with Crippen LogP contribution in [0.4, 0.5) is 4.79 Å². The summed E-state index contributed by atoms with van der Waals surface area (Å²) in [5.74, 6) is -0.165. The van der Waals surface area contributed by atoms with E-state index < -0.39 is 11.4 Å². The number of carbonyl (C=O) groups is 2. The molecule has 1 aliphatic heterocycles. The summed E-state index contributed by atoms with van der Waals surface area (Å²) in [7, 11) is 0. The van der Waals surface area contributed by atoms with E-state index in [0.29, 0.717) is 6.54 Å². The quantitative estimate of drug-likeness (QED) is 0.867. The zero-order chi connectivity index (χ0) is 15.6. The van der Waals surface area contributed by atoms with Crippen molar-refractivity contribution in [1.82, 2.24) is 4.90 Å². The van der Waals surface area contributed by atoms with Gasteiger partial charge in [0.2, 0.25) is 0 Å². The van der Waals surface area contributed by atoms with Crippen molar-refractivity contribution in [3.05, 3.63) is 35.9 Å². The molecule has 1 heterocycles. The summed E-state index contributed by atoms with van der Waals surface area (Å²) in [5.41, 5.74) is 5.90. The second kappa shape index (κ2) is 5.99. The summed E-state index contributed by atoms with van der Waals surface area (Å²) in [5, 5.41) is 0. The second-order valence-corrected chi connectivity index (χ2v) is 6.23. The fourth-order valence-electron chi connectivity index (χ4n) is 3.51. The van der Waals surface area contributed by atoms with Gasteiger partial charge in [-0.2, -0.15) is 0 Å². The van der Waals surface area contributed by atoms with Crippen LogP contribution in [0.5, 0.6) is 0 Å². The van der Waals surface area contributed by atoms with Gasteiger partial charge in [-0.25, -0.2) is 4.79 Å². The van der Waals surface area contributed by atoms with Gasteiger partial charge in [-0.1, -0.05) is 36.8 Å². The highest BCUT2D eigenvalue weighted by atomic mass is 16.5. The van der Waals surface area contributed by atoms with E-state index in [1.807, 2.05) is 30.3 Å². The number of rotatable bonds is 4. The van der Waals surface area contributed by atoms with Crippen LogP contribution in [0.15, 0.2) is 30.3 Å². The Morgan fingerprint density at radius 2 is 1.95 bits per heavy atom. The first-order valence-electron chi connectivity index (χ1n) is 7.92. The summed E-state index contributed by atoms with van der Waals surface area (Å²) in [6.45, 7) is 0.901. The van der Waals surface area contributed by atoms with E-state index in [1.165, 1.54) is 0 Å². The number of carbonyl (C=O) groups excluding carboxylic acids is 2. The fourth-order valence-corrected chi connectivity index (χ4v) is 3.51. The minimum absolute atomic E-state index is 0.0747. The number of urea groups is 1. The lowest BCUT2D eigenvalue weighted by Crippen LogP contribution is -2.46. The highest BCUT2D eigenvalue weighted by Crippen LogP contribution is 2.44. The van der Waals surface area contributed by atoms with Crippen LogP contribution in [-0.4, -0.2) is 36.1 Å². The molecule has 2 aliphatic rings. The zero-order valence-electron chi connectivity index (χ0n) is 12.7. The first kappa shape index (κ1) is 14.9. The topological polar surface area (TPSA) is 72.6 Å². The van der Waals surface area contributed by atoms with E-state index in [1.54, 1.807) is 4.90 Å². The number of ether oxygens (including phenoxy) is 1. The predicted molar refractivity (Wildman–Crippen MR) is 82.2 cm³/mol. The molecule has 1 aromatic carbocycles. The largest absolute Gasteiger partial charge is 0.463 e. The van der Waals surface area contributed by atoms with Gasteiger partial charge >= 0.3 is 12.0 Å². The average Bonchev–Trinajstić information content (AvgIpc) is 2.94. The van der Waals surface area contributed by atoms with Gasteiger partial charge in [0.1, 0.15) is 6.61 Å². The molecule has 2 amide bonds. The molecular formula is C17H22N2O3. The normalized spacial score (nSPS) is 22.9. The molecule has 2 fully saturated rings. The molecular weight excluding hydrogens is 280 g/mol. The van der Waals surface area contributed by atoms with Gasteiger partial charge in [0.25, 0.3) is 0 Å². The Balaban J connectivity index is 1.65. The molecule has 1 saturated carbocycles. The van der Waals surface area contributed by atoms with Crippen molar-refractivity contribution in [1.29, 1.82) is 0 Å². The van der Waals surface area contributed by atoms with Gasteiger partial charge in [-0.3, -0.25) is 4.79 Å². The van der Waals surface area contributed by atoms with Gasteiger partial charge in [0, 0.05) is 6.54 Å². The molecule has 0 aromatic heterocycles. The van der Waals surface area contributed by atoms with E-state index in [-0.39, 0.29) is 18.6 Å². The van der Waals surface area contributed by atoms with Crippen molar-refractivity contribution in [2.24, 2.45) is 5.73 Å². The van der Waals surface area contributed by atoms with Crippen molar-refractivity contribution in [3.63, 3.8) is 0 Å². The molecule has 1 atom stereocenters. The van der Waals surface area contributed by atoms with Crippen molar-refractivity contribution in [2.75, 3.05) is 13.2 Å². The molecule has 2 N–H and O–H groups in total. The van der Waals surface area contributed by atoms with Crippen molar-refractivity contribution >= 4 is 12.0 Å². The second-order valence-electron chi connectivity index (χ2n) is 6.23. The summed E-state index contributed by atoms with van der Waals surface area (Å²) in [4.78, 5) is 25.6. The number of benzene rings is 1. The SMILES string of the molecule is NC(=O)N1CCC[C@H]1COC(=O)C1(c2ccccc2)CCC1. The lowest BCUT2D eigenvalue weighted by Gasteiger charge is -2.40. The lowest BCUT2D eigenvalue weighted by molar-refractivity contribution is -0.155. The minimum Gasteiger partial charge on any atom is -0.463 e. The van der Waals surface area contributed by atoms with Crippen molar-refractivity contribution in [3.8, 4) is 0 Å². The molecule has 5 heteroatoms. The number of primary amides is 1. The molecule has 118 valence electrons. The Hall–Kier alpha value is -2.04. The first-order valence-corrected chi connectivity index (χ1v) is 7.92. The number of hydrogen-bond acceptors (Lipinski definition) is 3. The van der Waals surface area contributed by atoms with Gasteiger partial charge in [-0.15, -0.1) is 0 Å². The third-order valence-corrected chi connectivity index (χ3v) is 4.99. The molecule has 1 saturated heterocycles. The highest BCUT2D eigenvalue weighted by molar-refractivity contribution is 5.84. The number of likely N-dealkylation sites (tertiary alicyclic amines) is 1.